The minimum atomic E-state index is 0.367. The molecule has 1 aliphatic rings. The molecule has 3 aromatic rings. The molecule has 0 aliphatic carbocycles. The van der Waals surface area contributed by atoms with Crippen LogP contribution in [0.2, 0.25) is 0 Å². The van der Waals surface area contributed by atoms with E-state index >= 15 is 0 Å². The standard InChI is InChI=1S/C23H24N4O3/c1-3-27-21-13-22(29-2)17(15-26-8-10-30-11-9-26)12-19(21)20(14-24)23(27)16-4-6-18(25-28)7-5-16/h4-7,12-13H,3,8-11,15H2,1-2H3. The Kier molecular flexibility index (Phi) is 5.79. The molecule has 0 amide bonds. The van der Waals surface area contributed by atoms with E-state index in [2.05, 4.69) is 33.7 Å². The zero-order valence-electron chi connectivity index (χ0n) is 17.2. The van der Waals surface area contributed by atoms with Gasteiger partial charge in [0.05, 0.1) is 37.1 Å². The molecule has 2 heterocycles. The number of benzene rings is 2. The predicted octanol–water partition coefficient (Wildman–Crippen LogP) is 4.44. The molecule has 0 N–H and O–H groups in total. The van der Waals surface area contributed by atoms with Gasteiger partial charge in [-0.05, 0) is 35.9 Å². The van der Waals surface area contributed by atoms with E-state index in [9.17, 15) is 10.2 Å². The van der Waals surface area contributed by atoms with Gasteiger partial charge in [-0.2, -0.15) is 5.26 Å². The van der Waals surface area contributed by atoms with Crippen LogP contribution in [-0.2, 0) is 17.8 Å². The summed E-state index contributed by atoms with van der Waals surface area (Å²) in [4.78, 5) is 13.1. The van der Waals surface area contributed by atoms with Gasteiger partial charge in [0, 0.05) is 43.2 Å². The molecule has 1 saturated heterocycles. The minimum Gasteiger partial charge on any atom is -0.496 e. The Labute approximate surface area is 175 Å². The van der Waals surface area contributed by atoms with Crippen LogP contribution in [0.5, 0.6) is 5.75 Å². The number of aromatic nitrogens is 1. The van der Waals surface area contributed by atoms with Crippen LogP contribution >= 0.6 is 0 Å². The number of nitriles is 1. The van der Waals surface area contributed by atoms with E-state index in [0.29, 0.717) is 17.8 Å². The molecule has 7 heteroatoms. The van der Waals surface area contributed by atoms with Gasteiger partial charge in [0.25, 0.3) is 0 Å². The predicted molar refractivity (Wildman–Crippen MR) is 116 cm³/mol. The second kappa shape index (κ2) is 8.66. The number of morpholine rings is 1. The average molecular weight is 404 g/mol. The molecule has 0 saturated carbocycles. The molecular weight excluding hydrogens is 380 g/mol. The monoisotopic (exact) mass is 404 g/mol. The molecule has 0 bridgehead atoms. The van der Waals surface area contributed by atoms with Crippen LogP contribution in [0, 0.1) is 16.2 Å². The summed E-state index contributed by atoms with van der Waals surface area (Å²) in [5.41, 5.74) is 4.74. The first-order chi connectivity index (χ1) is 14.7. The van der Waals surface area contributed by atoms with Crippen LogP contribution in [0.3, 0.4) is 0 Å². The van der Waals surface area contributed by atoms with Crippen molar-refractivity contribution < 1.29 is 9.47 Å². The lowest BCUT2D eigenvalue weighted by molar-refractivity contribution is 0.0339. The van der Waals surface area contributed by atoms with Crippen LogP contribution < -0.4 is 4.74 Å². The molecule has 0 atom stereocenters. The number of ether oxygens (including phenoxy) is 2. The Bertz CT molecular complexity index is 1110. The van der Waals surface area contributed by atoms with Crippen molar-refractivity contribution in [3.8, 4) is 23.1 Å². The molecule has 2 aromatic carbocycles. The number of rotatable bonds is 6. The van der Waals surface area contributed by atoms with Crippen LogP contribution in [0.1, 0.15) is 18.1 Å². The van der Waals surface area contributed by atoms with Crippen molar-refractivity contribution in [3.63, 3.8) is 0 Å². The summed E-state index contributed by atoms with van der Waals surface area (Å²) < 4.78 is 13.3. The topological polar surface area (TPSA) is 79.9 Å². The highest BCUT2D eigenvalue weighted by Gasteiger charge is 2.21. The Hall–Kier alpha value is -3.21. The lowest BCUT2D eigenvalue weighted by Crippen LogP contribution is -2.35. The average Bonchev–Trinajstić information content (AvgIpc) is 3.11. The van der Waals surface area contributed by atoms with Gasteiger partial charge in [-0.3, -0.25) is 4.90 Å². The van der Waals surface area contributed by atoms with Crippen LogP contribution in [-0.4, -0.2) is 42.9 Å². The van der Waals surface area contributed by atoms with Gasteiger partial charge in [0.15, 0.2) is 0 Å². The third-order valence-electron chi connectivity index (χ3n) is 5.64. The lowest BCUT2D eigenvalue weighted by atomic mass is 10.0. The fourth-order valence-electron chi connectivity index (χ4n) is 4.16. The van der Waals surface area contributed by atoms with Gasteiger partial charge in [0.1, 0.15) is 17.5 Å². The fraction of sp³-hybridized carbons (Fsp3) is 0.348. The molecule has 1 aliphatic heterocycles. The molecule has 0 spiro atoms. The molecule has 0 radical (unpaired) electrons. The molecule has 1 fully saturated rings. The van der Waals surface area contributed by atoms with Gasteiger partial charge in [-0.1, -0.05) is 12.1 Å². The van der Waals surface area contributed by atoms with Crippen molar-refractivity contribution in [2.75, 3.05) is 33.4 Å². The molecule has 4 rings (SSSR count). The van der Waals surface area contributed by atoms with Crippen molar-refractivity contribution in [2.45, 2.75) is 20.0 Å². The molecule has 154 valence electrons. The Balaban J connectivity index is 1.88. The first kappa shape index (κ1) is 20.1. The maximum Gasteiger partial charge on any atom is 0.125 e. The van der Waals surface area contributed by atoms with Crippen LogP contribution in [0.25, 0.3) is 22.2 Å². The quantitative estimate of drug-likeness (QED) is 0.568. The van der Waals surface area contributed by atoms with Crippen molar-refractivity contribution in [3.05, 3.63) is 52.4 Å². The summed E-state index contributed by atoms with van der Waals surface area (Å²) in [6.07, 6.45) is 0. The number of hydrogen-bond donors (Lipinski definition) is 0. The fourth-order valence-corrected chi connectivity index (χ4v) is 4.16. The highest BCUT2D eigenvalue weighted by molar-refractivity contribution is 5.96. The van der Waals surface area contributed by atoms with Gasteiger partial charge >= 0.3 is 0 Å². The van der Waals surface area contributed by atoms with Crippen LogP contribution in [0.15, 0.2) is 41.6 Å². The van der Waals surface area contributed by atoms with E-state index in [1.165, 1.54) is 0 Å². The first-order valence-electron chi connectivity index (χ1n) is 10.1. The summed E-state index contributed by atoms with van der Waals surface area (Å²) in [6, 6.07) is 13.5. The maximum atomic E-state index is 10.8. The van der Waals surface area contributed by atoms with Crippen molar-refractivity contribution >= 4 is 16.6 Å². The number of hydrogen-bond acceptors (Lipinski definition) is 6. The SMILES string of the molecule is CCn1c(-c2ccc(N=O)cc2)c(C#N)c2cc(CN3CCOCC3)c(OC)cc21. The second-order valence-corrected chi connectivity index (χ2v) is 7.29. The Morgan fingerprint density at radius 1 is 1.20 bits per heavy atom. The Morgan fingerprint density at radius 3 is 2.53 bits per heavy atom. The molecule has 30 heavy (non-hydrogen) atoms. The summed E-state index contributed by atoms with van der Waals surface area (Å²) in [7, 11) is 1.68. The van der Waals surface area contributed by atoms with E-state index < -0.39 is 0 Å². The normalized spacial score (nSPS) is 14.6. The zero-order valence-corrected chi connectivity index (χ0v) is 17.2. The third kappa shape index (κ3) is 3.56. The molecule has 7 nitrogen and oxygen atoms in total. The minimum absolute atomic E-state index is 0.367. The summed E-state index contributed by atoms with van der Waals surface area (Å²) in [5, 5.41) is 13.9. The van der Waals surface area contributed by atoms with E-state index in [1.807, 2.05) is 18.2 Å². The maximum absolute atomic E-state index is 10.8. The molecule has 0 unspecified atom stereocenters. The lowest BCUT2D eigenvalue weighted by Gasteiger charge is -2.27. The number of nitrogens with zero attached hydrogens (tertiary/aromatic N) is 4. The van der Waals surface area contributed by atoms with Crippen molar-refractivity contribution in [2.24, 2.45) is 5.18 Å². The van der Waals surface area contributed by atoms with Crippen molar-refractivity contribution in [1.29, 1.82) is 5.26 Å². The van der Waals surface area contributed by atoms with E-state index in [-0.39, 0.29) is 0 Å². The summed E-state index contributed by atoms with van der Waals surface area (Å²) in [5.74, 6) is 0.817. The van der Waals surface area contributed by atoms with Gasteiger partial charge in [-0.15, -0.1) is 4.91 Å². The summed E-state index contributed by atoms with van der Waals surface area (Å²) >= 11 is 0. The highest BCUT2D eigenvalue weighted by Crippen LogP contribution is 2.37. The Morgan fingerprint density at radius 2 is 1.93 bits per heavy atom. The number of aryl methyl sites for hydroxylation is 1. The molecule has 1 aromatic heterocycles. The number of fused-ring (bicyclic) bond motifs is 1. The largest absolute Gasteiger partial charge is 0.496 e. The molecular formula is C23H24N4O3. The van der Waals surface area contributed by atoms with Crippen LogP contribution in [0.4, 0.5) is 5.69 Å². The highest BCUT2D eigenvalue weighted by atomic mass is 16.5. The first-order valence-corrected chi connectivity index (χ1v) is 10.1. The van der Waals surface area contributed by atoms with E-state index in [0.717, 1.165) is 66.3 Å². The van der Waals surface area contributed by atoms with Crippen molar-refractivity contribution in [1.82, 2.24) is 9.47 Å². The van der Waals surface area contributed by atoms with E-state index in [1.54, 1.807) is 19.2 Å². The van der Waals surface area contributed by atoms with Gasteiger partial charge in [0.2, 0.25) is 0 Å². The summed E-state index contributed by atoms with van der Waals surface area (Å²) in [6.45, 7) is 6.73. The van der Waals surface area contributed by atoms with E-state index in [4.69, 9.17) is 9.47 Å². The number of methoxy groups -OCH3 is 1. The number of nitroso groups, excluding NO2 is 1. The van der Waals surface area contributed by atoms with Gasteiger partial charge in [-0.25, -0.2) is 0 Å². The second-order valence-electron chi connectivity index (χ2n) is 7.29. The third-order valence-corrected chi connectivity index (χ3v) is 5.64. The zero-order chi connectivity index (χ0) is 21.1. The van der Waals surface area contributed by atoms with Gasteiger partial charge < -0.3 is 14.0 Å². The smallest absolute Gasteiger partial charge is 0.125 e.